The van der Waals surface area contributed by atoms with Crippen LogP contribution in [0, 0.1) is 0 Å². The first-order valence-corrected chi connectivity index (χ1v) is 11.2. The van der Waals surface area contributed by atoms with Crippen molar-refractivity contribution in [3.63, 3.8) is 0 Å². The van der Waals surface area contributed by atoms with Crippen molar-refractivity contribution in [1.29, 1.82) is 0 Å². The van der Waals surface area contributed by atoms with E-state index in [0.717, 1.165) is 29.7 Å². The fraction of sp³-hybridized carbons (Fsp3) is 0.120. The van der Waals surface area contributed by atoms with Crippen LogP contribution in [-0.4, -0.2) is 46.1 Å². The summed E-state index contributed by atoms with van der Waals surface area (Å²) in [6.07, 6.45) is 4.79. The van der Waals surface area contributed by atoms with Crippen molar-refractivity contribution in [1.82, 2.24) is 39.0 Å². The minimum Gasteiger partial charge on any atom is -0.324 e. The Morgan fingerprint density at radius 3 is 2.60 bits per heavy atom. The molecule has 35 heavy (non-hydrogen) atoms. The summed E-state index contributed by atoms with van der Waals surface area (Å²) < 4.78 is 3.16. The summed E-state index contributed by atoms with van der Waals surface area (Å²) in [6, 6.07) is 15.6. The molecule has 0 saturated heterocycles. The number of aromatic nitrogens is 7. The average molecular weight is 461 g/mol. The van der Waals surface area contributed by atoms with Crippen molar-refractivity contribution in [2.45, 2.75) is 13.1 Å². The molecule has 0 bridgehead atoms. The zero-order valence-corrected chi connectivity index (χ0v) is 18.8. The standard InChI is InChI=1S/C25H19N9O/c1-32-13-15-7-8-17(11-16(15)14-32)29-24-28-12-19-21(31-24)30-22-18-5-2-3-6-20(18)33(34(22)23(19)35)25-26-9-4-10-27-25/h2-12H,13-14H2,1H3,(H,28,29,31). The third kappa shape index (κ3) is 3.07. The predicted molar refractivity (Wildman–Crippen MR) is 132 cm³/mol. The zero-order valence-electron chi connectivity index (χ0n) is 18.8. The molecule has 7 rings (SSSR count). The Labute approximate surface area is 198 Å². The first-order valence-electron chi connectivity index (χ1n) is 11.2. The van der Waals surface area contributed by atoms with E-state index >= 15 is 0 Å². The van der Waals surface area contributed by atoms with Gasteiger partial charge in [-0.1, -0.05) is 18.2 Å². The fourth-order valence-corrected chi connectivity index (χ4v) is 4.71. The summed E-state index contributed by atoms with van der Waals surface area (Å²) in [5.41, 5.74) is 4.80. The van der Waals surface area contributed by atoms with Gasteiger partial charge in [0.25, 0.3) is 5.56 Å². The number of nitrogens with zero attached hydrogens (tertiary/aromatic N) is 8. The van der Waals surface area contributed by atoms with E-state index in [1.54, 1.807) is 23.1 Å². The molecule has 6 aromatic rings. The SMILES string of the molecule is CN1Cc2ccc(Nc3ncc4c(=O)n5c(nc4n3)c3ccccc3n5-c3ncccn3)cc2C1. The first-order chi connectivity index (χ1) is 17.2. The molecule has 10 nitrogen and oxygen atoms in total. The number of para-hydroxylation sites is 1. The normalized spacial score (nSPS) is 13.6. The van der Waals surface area contributed by atoms with Gasteiger partial charge in [-0.15, -0.1) is 0 Å². The van der Waals surface area contributed by atoms with Crippen molar-refractivity contribution in [3.05, 3.63) is 88.6 Å². The van der Waals surface area contributed by atoms with Crippen molar-refractivity contribution in [2.24, 2.45) is 0 Å². The number of nitrogens with one attached hydrogen (secondary N) is 1. The highest BCUT2D eigenvalue weighted by Crippen LogP contribution is 2.26. The van der Waals surface area contributed by atoms with Gasteiger partial charge in [0.15, 0.2) is 11.3 Å². The van der Waals surface area contributed by atoms with Crippen molar-refractivity contribution >= 4 is 39.2 Å². The molecule has 0 unspecified atom stereocenters. The summed E-state index contributed by atoms with van der Waals surface area (Å²) >= 11 is 0. The molecule has 0 aliphatic carbocycles. The number of rotatable bonds is 3. The van der Waals surface area contributed by atoms with E-state index in [0.29, 0.717) is 28.6 Å². The topological polar surface area (TPSA) is 106 Å². The van der Waals surface area contributed by atoms with E-state index in [1.165, 1.54) is 21.8 Å². The van der Waals surface area contributed by atoms with Crippen LogP contribution in [0.15, 0.2) is 71.9 Å². The Kier molecular flexibility index (Phi) is 4.18. The summed E-state index contributed by atoms with van der Waals surface area (Å²) in [5, 5.41) is 4.37. The fourth-order valence-electron chi connectivity index (χ4n) is 4.71. The monoisotopic (exact) mass is 461 g/mol. The number of hydrogen-bond acceptors (Lipinski definition) is 8. The highest BCUT2D eigenvalue weighted by atomic mass is 16.1. The number of hydrogen-bond donors (Lipinski definition) is 1. The third-order valence-corrected chi connectivity index (χ3v) is 6.26. The van der Waals surface area contributed by atoms with E-state index in [4.69, 9.17) is 4.98 Å². The highest BCUT2D eigenvalue weighted by molar-refractivity contribution is 5.95. The maximum atomic E-state index is 13.6. The van der Waals surface area contributed by atoms with E-state index in [9.17, 15) is 4.79 Å². The molecule has 2 aromatic carbocycles. The van der Waals surface area contributed by atoms with E-state index < -0.39 is 0 Å². The maximum Gasteiger partial charge on any atom is 0.284 e. The number of fused-ring (bicyclic) bond motifs is 5. The lowest BCUT2D eigenvalue weighted by Gasteiger charge is -2.08. The molecule has 1 aliphatic rings. The Morgan fingerprint density at radius 1 is 0.886 bits per heavy atom. The second-order valence-electron chi connectivity index (χ2n) is 8.64. The Balaban J connectivity index is 1.40. The van der Waals surface area contributed by atoms with Crippen LogP contribution < -0.4 is 10.9 Å². The minimum absolute atomic E-state index is 0.291. The third-order valence-electron chi connectivity index (χ3n) is 6.26. The first kappa shape index (κ1) is 19.7. The van der Waals surface area contributed by atoms with Crippen molar-refractivity contribution in [2.75, 3.05) is 12.4 Å². The molecule has 5 heterocycles. The summed E-state index contributed by atoms with van der Waals surface area (Å²) in [6.45, 7) is 1.86. The van der Waals surface area contributed by atoms with Gasteiger partial charge in [-0.2, -0.15) is 9.50 Å². The summed E-state index contributed by atoms with van der Waals surface area (Å²) in [4.78, 5) is 38.4. The van der Waals surface area contributed by atoms with Crippen LogP contribution in [-0.2, 0) is 13.1 Å². The van der Waals surface area contributed by atoms with Crippen molar-refractivity contribution in [3.8, 4) is 5.95 Å². The maximum absolute atomic E-state index is 13.6. The quantitative estimate of drug-likeness (QED) is 0.429. The summed E-state index contributed by atoms with van der Waals surface area (Å²) in [7, 11) is 2.10. The molecule has 1 N–H and O–H groups in total. The molecule has 1 aliphatic heterocycles. The summed E-state index contributed by atoms with van der Waals surface area (Å²) in [5.74, 6) is 0.763. The van der Waals surface area contributed by atoms with Gasteiger partial charge in [-0.05, 0) is 48.5 Å². The Morgan fingerprint density at radius 2 is 1.71 bits per heavy atom. The molecule has 4 aromatic heterocycles. The van der Waals surface area contributed by atoms with Gasteiger partial charge < -0.3 is 5.32 Å². The van der Waals surface area contributed by atoms with Gasteiger partial charge in [-0.25, -0.2) is 24.6 Å². The molecule has 0 saturated carbocycles. The van der Waals surface area contributed by atoms with E-state index in [-0.39, 0.29) is 5.56 Å². The zero-order chi connectivity index (χ0) is 23.5. The Bertz CT molecular complexity index is 1820. The van der Waals surface area contributed by atoms with Crippen LogP contribution in [0.5, 0.6) is 0 Å². The molecule has 0 amide bonds. The molecule has 0 atom stereocenters. The molecule has 0 radical (unpaired) electrons. The molecule has 0 spiro atoms. The van der Waals surface area contributed by atoms with Crippen LogP contribution in [0.3, 0.4) is 0 Å². The smallest absolute Gasteiger partial charge is 0.284 e. The lowest BCUT2D eigenvalue weighted by molar-refractivity contribution is 0.353. The van der Waals surface area contributed by atoms with Gasteiger partial charge in [0.1, 0.15) is 5.39 Å². The van der Waals surface area contributed by atoms with Crippen LogP contribution in [0.4, 0.5) is 11.6 Å². The number of benzene rings is 2. The van der Waals surface area contributed by atoms with Gasteiger partial charge in [-0.3, -0.25) is 9.69 Å². The molecular formula is C25H19N9O. The average Bonchev–Trinajstić information content (AvgIpc) is 3.41. The highest BCUT2D eigenvalue weighted by Gasteiger charge is 2.20. The number of anilines is 2. The van der Waals surface area contributed by atoms with Gasteiger partial charge in [0.2, 0.25) is 11.9 Å². The van der Waals surface area contributed by atoms with E-state index in [1.807, 2.05) is 30.3 Å². The molecule has 10 heteroatoms. The minimum atomic E-state index is -0.291. The predicted octanol–water partition coefficient (Wildman–Crippen LogP) is 3.06. The second kappa shape index (κ2) is 7.40. The lowest BCUT2D eigenvalue weighted by Crippen LogP contribution is -2.22. The second-order valence-corrected chi connectivity index (χ2v) is 8.64. The van der Waals surface area contributed by atoms with Crippen LogP contribution >= 0.6 is 0 Å². The van der Waals surface area contributed by atoms with E-state index in [2.05, 4.69) is 49.3 Å². The molecular weight excluding hydrogens is 442 g/mol. The van der Waals surface area contributed by atoms with Gasteiger partial charge in [0.05, 0.1) is 5.52 Å². The Hall–Kier alpha value is -4.70. The van der Waals surface area contributed by atoms with Gasteiger partial charge in [0, 0.05) is 42.8 Å². The van der Waals surface area contributed by atoms with Crippen LogP contribution in [0.2, 0.25) is 0 Å². The largest absolute Gasteiger partial charge is 0.324 e. The van der Waals surface area contributed by atoms with Crippen LogP contribution in [0.25, 0.3) is 33.5 Å². The van der Waals surface area contributed by atoms with Crippen molar-refractivity contribution < 1.29 is 0 Å². The van der Waals surface area contributed by atoms with Crippen LogP contribution in [0.1, 0.15) is 11.1 Å². The van der Waals surface area contributed by atoms with Gasteiger partial charge >= 0.3 is 0 Å². The molecule has 170 valence electrons. The molecule has 0 fully saturated rings. The lowest BCUT2D eigenvalue weighted by atomic mass is 10.1.